The number of anilines is 2. The van der Waals surface area contributed by atoms with Crippen LogP contribution in [0.3, 0.4) is 0 Å². The van der Waals surface area contributed by atoms with Crippen molar-refractivity contribution in [2.75, 3.05) is 32.0 Å². The van der Waals surface area contributed by atoms with Gasteiger partial charge < -0.3 is 24.8 Å². The van der Waals surface area contributed by atoms with E-state index in [2.05, 4.69) is 10.6 Å². The van der Waals surface area contributed by atoms with Crippen LogP contribution in [0.5, 0.6) is 17.2 Å². The van der Waals surface area contributed by atoms with Crippen LogP contribution in [0.1, 0.15) is 17.3 Å². The van der Waals surface area contributed by atoms with Crippen molar-refractivity contribution >= 4 is 23.2 Å². The highest BCUT2D eigenvalue weighted by molar-refractivity contribution is 6.06. The van der Waals surface area contributed by atoms with Gasteiger partial charge in [0, 0.05) is 24.2 Å². The molecule has 0 fully saturated rings. The van der Waals surface area contributed by atoms with Gasteiger partial charge in [-0.25, -0.2) is 0 Å². The van der Waals surface area contributed by atoms with Gasteiger partial charge in [-0.2, -0.15) is 0 Å². The largest absolute Gasteiger partial charge is 0.497 e. The summed E-state index contributed by atoms with van der Waals surface area (Å²) in [4.78, 5) is 23.8. The summed E-state index contributed by atoms with van der Waals surface area (Å²) in [6, 6.07) is 9.84. The maximum absolute atomic E-state index is 12.6. The van der Waals surface area contributed by atoms with Crippen LogP contribution in [0.15, 0.2) is 36.4 Å². The van der Waals surface area contributed by atoms with Crippen LogP contribution < -0.4 is 24.8 Å². The first-order valence-corrected chi connectivity index (χ1v) is 7.47. The van der Waals surface area contributed by atoms with Crippen molar-refractivity contribution in [2.45, 2.75) is 6.92 Å². The molecule has 2 aromatic carbocycles. The lowest BCUT2D eigenvalue weighted by Crippen LogP contribution is -2.14. The average molecular weight is 344 g/mol. The van der Waals surface area contributed by atoms with Crippen molar-refractivity contribution in [3.63, 3.8) is 0 Å². The molecule has 0 bridgehead atoms. The third-order valence-electron chi connectivity index (χ3n) is 3.38. The molecule has 0 aromatic heterocycles. The lowest BCUT2D eigenvalue weighted by atomic mass is 10.1. The summed E-state index contributed by atoms with van der Waals surface area (Å²) in [7, 11) is 4.52. The molecule has 0 radical (unpaired) electrons. The van der Waals surface area contributed by atoms with Crippen LogP contribution in [0.25, 0.3) is 0 Å². The number of benzene rings is 2. The van der Waals surface area contributed by atoms with Gasteiger partial charge in [-0.15, -0.1) is 0 Å². The Labute approximate surface area is 145 Å². The summed E-state index contributed by atoms with van der Waals surface area (Å²) in [5.74, 6) is 0.902. The molecule has 0 spiro atoms. The van der Waals surface area contributed by atoms with E-state index in [-0.39, 0.29) is 11.8 Å². The molecule has 0 aliphatic carbocycles. The van der Waals surface area contributed by atoms with E-state index in [1.807, 2.05) is 0 Å². The van der Waals surface area contributed by atoms with E-state index in [4.69, 9.17) is 14.2 Å². The molecule has 7 nitrogen and oxygen atoms in total. The van der Waals surface area contributed by atoms with Gasteiger partial charge >= 0.3 is 0 Å². The van der Waals surface area contributed by atoms with Gasteiger partial charge in [-0.3, -0.25) is 9.59 Å². The second-order valence-electron chi connectivity index (χ2n) is 5.15. The topological polar surface area (TPSA) is 85.9 Å². The number of carbonyl (C=O) groups is 2. The first kappa shape index (κ1) is 18.1. The summed E-state index contributed by atoms with van der Waals surface area (Å²) < 4.78 is 15.6. The molecule has 132 valence electrons. The van der Waals surface area contributed by atoms with E-state index in [9.17, 15) is 9.59 Å². The maximum Gasteiger partial charge on any atom is 0.256 e. The van der Waals surface area contributed by atoms with E-state index in [0.29, 0.717) is 34.2 Å². The van der Waals surface area contributed by atoms with Crippen molar-refractivity contribution in [1.82, 2.24) is 0 Å². The lowest BCUT2D eigenvalue weighted by molar-refractivity contribution is -0.114. The molecule has 0 saturated heterocycles. The Hall–Kier alpha value is -3.22. The Bertz CT molecular complexity index is 767. The van der Waals surface area contributed by atoms with Gasteiger partial charge in [-0.05, 0) is 30.3 Å². The van der Waals surface area contributed by atoms with Crippen LogP contribution >= 0.6 is 0 Å². The standard InChI is InChI=1S/C18H20N2O5/c1-11(21)19-13-5-6-17(25-4)16(9-13)20-18(22)12-7-14(23-2)10-15(8-12)24-3/h5-10H,1-4H3,(H,19,21)(H,20,22). The molecule has 2 rings (SSSR count). The molecule has 0 aliphatic heterocycles. The second-order valence-corrected chi connectivity index (χ2v) is 5.15. The van der Waals surface area contributed by atoms with Gasteiger partial charge in [0.15, 0.2) is 0 Å². The molecule has 0 saturated carbocycles. The Morgan fingerprint density at radius 3 is 2.00 bits per heavy atom. The van der Waals surface area contributed by atoms with Crippen molar-refractivity contribution in [3.8, 4) is 17.2 Å². The Kier molecular flexibility index (Phi) is 5.84. The average Bonchev–Trinajstić information content (AvgIpc) is 2.60. The fraction of sp³-hybridized carbons (Fsp3) is 0.222. The highest BCUT2D eigenvalue weighted by atomic mass is 16.5. The van der Waals surface area contributed by atoms with Gasteiger partial charge in [-0.1, -0.05) is 0 Å². The predicted molar refractivity (Wildman–Crippen MR) is 94.8 cm³/mol. The number of carbonyl (C=O) groups excluding carboxylic acids is 2. The highest BCUT2D eigenvalue weighted by Crippen LogP contribution is 2.29. The van der Waals surface area contributed by atoms with E-state index >= 15 is 0 Å². The molecule has 2 N–H and O–H groups in total. The van der Waals surface area contributed by atoms with Crippen LogP contribution in [0.2, 0.25) is 0 Å². The molecule has 0 heterocycles. The van der Waals surface area contributed by atoms with Crippen molar-refractivity contribution < 1.29 is 23.8 Å². The first-order valence-electron chi connectivity index (χ1n) is 7.47. The van der Waals surface area contributed by atoms with Crippen molar-refractivity contribution in [1.29, 1.82) is 0 Å². The number of rotatable bonds is 6. The number of ether oxygens (including phenoxy) is 3. The van der Waals surface area contributed by atoms with Gasteiger partial charge in [0.1, 0.15) is 17.2 Å². The molecule has 0 unspecified atom stereocenters. The number of nitrogens with one attached hydrogen (secondary N) is 2. The number of methoxy groups -OCH3 is 3. The Morgan fingerprint density at radius 1 is 0.840 bits per heavy atom. The summed E-state index contributed by atoms with van der Waals surface area (Å²) in [5.41, 5.74) is 1.34. The number of hydrogen-bond donors (Lipinski definition) is 2. The fourth-order valence-electron chi connectivity index (χ4n) is 2.22. The molecule has 25 heavy (non-hydrogen) atoms. The van der Waals surface area contributed by atoms with E-state index in [1.165, 1.54) is 28.3 Å². The van der Waals surface area contributed by atoms with E-state index < -0.39 is 0 Å². The SMILES string of the molecule is COc1cc(OC)cc(C(=O)Nc2cc(NC(C)=O)ccc2OC)c1. The van der Waals surface area contributed by atoms with Crippen LogP contribution in [0, 0.1) is 0 Å². The monoisotopic (exact) mass is 344 g/mol. The van der Waals surface area contributed by atoms with Crippen molar-refractivity contribution in [3.05, 3.63) is 42.0 Å². The summed E-state index contributed by atoms with van der Waals surface area (Å²) in [5, 5.41) is 5.43. The minimum atomic E-state index is -0.365. The summed E-state index contributed by atoms with van der Waals surface area (Å²) in [6.45, 7) is 1.41. The molecule has 2 amide bonds. The molecular formula is C18H20N2O5. The molecule has 0 atom stereocenters. The summed E-state index contributed by atoms with van der Waals surface area (Å²) >= 11 is 0. The number of amides is 2. The van der Waals surface area contributed by atoms with Crippen molar-refractivity contribution in [2.24, 2.45) is 0 Å². The van der Waals surface area contributed by atoms with Crippen LogP contribution in [-0.2, 0) is 4.79 Å². The third kappa shape index (κ3) is 4.63. The normalized spacial score (nSPS) is 9.92. The predicted octanol–water partition coefficient (Wildman–Crippen LogP) is 2.92. The quantitative estimate of drug-likeness (QED) is 0.841. The molecule has 7 heteroatoms. The number of hydrogen-bond acceptors (Lipinski definition) is 5. The van der Waals surface area contributed by atoms with Gasteiger partial charge in [0.2, 0.25) is 5.91 Å². The Balaban J connectivity index is 2.31. The van der Waals surface area contributed by atoms with E-state index in [1.54, 1.807) is 36.4 Å². The highest BCUT2D eigenvalue weighted by Gasteiger charge is 2.13. The zero-order valence-corrected chi connectivity index (χ0v) is 14.5. The smallest absolute Gasteiger partial charge is 0.256 e. The van der Waals surface area contributed by atoms with Gasteiger partial charge in [0.05, 0.1) is 27.0 Å². The minimum Gasteiger partial charge on any atom is -0.497 e. The third-order valence-corrected chi connectivity index (χ3v) is 3.38. The lowest BCUT2D eigenvalue weighted by Gasteiger charge is -2.13. The first-order chi connectivity index (χ1) is 12.0. The van der Waals surface area contributed by atoms with E-state index in [0.717, 1.165) is 0 Å². The molecule has 0 aliphatic rings. The zero-order valence-electron chi connectivity index (χ0n) is 14.5. The Morgan fingerprint density at radius 2 is 1.48 bits per heavy atom. The second kappa shape index (κ2) is 8.05. The minimum absolute atomic E-state index is 0.208. The maximum atomic E-state index is 12.6. The molecule has 2 aromatic rings. The van der Waals surface area contributed by atoms with Gasteiger partial charge in [0.25, 0.3) is 5.91 Å². The zero-order chi connectivity index (χ0) is 18.4. The van der Waals surface area contributed by atoms with Crippen LogP contribution in [-0.4, -0.2) is 33.1 Å². The molecular weight excluding hydrogens is 324 g/mol. The summed E-state index contributed by atoms with van der Waals surface area (Å²) in [6.07, 6.45) is 0. The van der Waals surface area contributed by atoms with Crippen LogP contribution in [0.4, 0.5) is 11.4 Å². The fourth-order valence-corrected chi connectivity index (χ4v) is 2.22.